The fraction of sp³-hybridized carbons (Fsp3) is 0. The monoisotopic (exact) mass is 218 g/mol. The van der Waals surface area contributed by atoms with Crippen molar-refractivity contribution in [3.8, 4) is 0 Å². The molecule has 0 aromatic heterocycles. The molecule has 0 N–H and O–H groups in total. The normalized spacial score (nSPS) is 10.8. The first-order chi connectivity index (χ1) is 5.24. The standard InChI is InChI=1S/C8H5BrF2/c9-4-3-6-1-2-7(10)5-8(6)11/h1-5H/b4-3+. The fourth-order valence-electron chi connectivity index (χ4n) is 0.705. The molecular weight excluding hydrogens is 214 g/mol. The van der Waals surface area contributed by atoms with Gasteiger partial charge in [-0.05, 0) is 23.2 Å². The van der Waals surface area contributed by atoms with E-state index in [1.54, 1.807) is 0 Å². The second-order valence-corrected chi connectivity index (χ2v) is 2.49. The largest absolute Gasteiger partial charge is 0.207 e. The zero-order valence-electron chi connectivity index (χ0n) is 5.52. The van der Waals surface area contributed by atoms with Crippen molar-refractivity contribution in [1.29, 1.82) is 0 Å². The van der Waals surface area contributed by atoms with Gasteiger partial charge in [-0.3, -0.25) is 0 Å². The molecule has 3 heteroatoms. The molecule has 0 aliphatic carbocycles. The lowest BCUT2D eigenvalue weighted by Gasteiger charge is -1.94. The highest BCUT2D eigenvalue weighted by atomic mass is 79.9. The van der Waals surface area contributed by atoms with E-state index >= 15 is 0 Å². The maximum Gasteiger partial charge on any atom is 0.133 e. The lowest BCUT2D eigenvalue weighted by molar-refractivity contribution is 0.581. The Labute approximate surface area is 71.7 Å². The Kier molecular flexibility index (Phi) is 2.76. The van der Waals surface area contributed by atoms with E-state index in [9.17, 15) is 8.78 Å². The molecule has 0 spiro atoms. The highest BCUT2D eigenvalue weighted by molar-refractivity contribution is 9.11. The summed E-state index contributed by atoms with van der Waals surface area (Å²) in [5.74, 6) is -1.12. The molecule has 0 radical (unpaired) electrons. The average molecular weight is 219 g/mol. The van der Waals surface area contributed by atoms with Gasteiger partial charge in [-0.1, -0.05) is 15.9 Å². The summed E-state index contributed by atoms with van der Waals surface area (Å²) in [4.78, 5) is 1.52. The predicted molar refractivity (Wildman–Crippen MR) is 44.3 cm³/mol. The molecular formula is C8H5BrF2. The van der Waals surface area contributed by atoms with E-state index < -0.39 is 11.6 Å². The van der Waals surface area contributed by atoms with E-state index in [2.05, 4.69) is 15.9 Å². The minimum absolute atomic E-state index is 0.364. The SMILES string of the molecule is Fc1ccc(/C=C/Br)c(F)c1. The number of hydrogen-bond donors (Lipinski definition) is 0. The Bertz CT molecular complexity index is 281. The van der Waals surface area contributed by atoms with Crippen LogP contribution in [0.15, 0.2) is 23.2 Å². The molecule has 11 heavy (non-hydrogen) atoms. The van der Waals surface area contributed by atoms with Gasteiger partial charge in [-0.2, -0.15) is 0 Å². The lowest BCUT2D eigenvalue weighted by atomic mass is 10.2. The molecule has 0 fully saturated rings. The Hall–Kier alpha value is -0.700. The molecule has 0 saturated heterocycles. The third-order valence-electron chi connectivity index (χ3n) is 1.21. The first kappa shape index (κ1) is 8.40. The van der Waals surface area contributed by atoms with Crippen LogP contribution < -0.4 is 0 Å². The second-order valence-electron chi connectivity index (χ2n) is 1.96. The summed E-state index contributed by atoms with van der Waals surface area (Å²) in [6.07, 6.45) is 1.51. The summed E-state index contributed by atoms with van der Waals surface area (Å²) < 4.78 is 25.0. The number of hydrogen-bond acceptors (Lipinski definition) is 0. The average Bonchev–Trinajstić information content (AvgIpc) is 1.95. The van der Waals surface area contributed by atoms with Gasteiger partial charge in [0.05, 0.1) is 0 Å². The van der Waals surface area contributed by atoms with Gasteiger partial charge >= 0.3 is 0 Å². The van der Waals surface area contributed by atoms with Crippen LogP contribution in [0, 0.1) is 11.6 Å². The molecule has 0 heterocycles. The minimum Gasteiger partial charge on any atom is -0.207 e. The second kappa shape index (κ2) is 3.62. The fourth-order valence-corrected chi connectivity index (χ4v) is 0.989. The van der Waals surface area contributed by atoms with Crippen LogP contribution in [-0.4, -0.2) is 0 Å². The van der Waals surface area contributed by atoms with Gasteiger partial charge in [0.15, 0.2) is 0 Å². The van der Waals surface area contributed by atoms with Crippen molar-refractivity contribution in [3.63, 3.8) is 0 Å². The summed E-state index contributed by atoms with van der Waals surface area (Å²) >= 11 is 3.00. The van der Waals surface area contributed by atoms with Crippen molar-refractivity contribution >= 4 is 22.0 Å². The van der Waals surface area contributed by atoms with E-state index in [1.165, 1.54) is 23.2 Å². The first-order valence-electron chi connectivity index (χ1n) is 2.96. The highest BCUT2D eigenvalue weighted by Crippen LogP contribution is 2.11. The van der Waals surface area contributed by atoms with Crippen LogP contribution in [0.4, 0.5) is 8.78 Å². The van der Waals surface area contributed by atoms with Gasteiger partial charge in [0.1, 0.15) is 11.6 Å². The predicted octanol–water partition coefficient (Wildman–Crippen LogP) is 3.33. The van der Waals surface area contributed by atoms with Crippen LogP contribution in [0.2, 0.25) is 0 Å². The van der Waals surface area contributed by atoms with E-state index in [1.807, 2.05) is 0 Å². The number of rotatable bonds is 1. The first-order valence-corrected chi connectivity index (χ1v) is 3.87. The number of benzene rings is 1. The molecule has 1 aromatic rings. The molecule has 0 amide bonds. The van der Waals surface area contributed by atoms with E-state index in [-0.39, 0.29) is 0 Å². The summed E-state index contributed by atoms with van der Waals surface area (Å²) in [5.41, 5.74) is 0.364. The van der Waals surface area contributed by atoms with Crippen molar-refractivity contribution < 1.29 is 8.78 Å². The molecule has 0 bridgehead atoms. The van der Waals surface area contributed by atoms with Gasteiger partial charge < -0.3 is 0 Å². The van der Waals surface area contributed by atoms with Gasteiger partial charge in [0, 0.05) is 11.6 Å². The summed E-state index contributed by atoms with van der Waals surface area (Å²) in [6, 6.07) is 3.44. The maximum absolute atomic E-state index is 12.7. The van der Waals surface area contributed by atoms with Crippen molar-refractivity contribution in [1.82, 2.24) is 0 Å². The van der Waals surface area contributed by atoms with E-state index in [0.29, 0.717) is 5.56 Å². The van der Waals surface area contributed by atoms with Crippen LogP contribution in [0.1, 0.15) is 5.56 Å². The van der Waals surface area contributed by atoms with Crippen LogP contribution in [0.25, 0.3) is 6.08 Å². The van der Waals surface area contributed by atoms with Crippen LogP contribution in [0.5, 0.6) is 0 Å². The smallest absolute Gasteiger partial charge is 0.133 e. The molecule has 0 aliphatic rings. The molecule has 1 rings (SSSR count). The maximum atomic E-state index is 12.7. The molecule has 0 saturated carbocycles. The van der Waals surface area contributed by atoms with Crippen LogP contribution >= 0.6 is 15.9 Å². The molecule has 0 unspecified atom stereocenters. The Balaban J connectivity index is 3.09. The van der Waals surface area contributed by atoms with Gasteiger partial charge in [-0.25, -0.2) is 8.78 Å². The minimum atomic E-state index is -0.561. The molecule has 0 atom stereocenters. The van der Waals surface area contributed by atoms with Gasteiger partial charge in [-0.15, -0.1) is 0 Å². The van der Waals surface area contributed by atoms with Crippen LogP contribution in [0.3, 0.4) is 0 Å². The summed E-state index contributed by atoms with van der Waals surface area (Å²) in [7, 11) is 0. The summed E-state index contributed by atoms with van der Waals surface area (Å²) in [5, 5.41) is 0. The van der Waals surface area contributed by atoms with E-state index in [4.69, 9.17) is 0 Å². The van der Waals surface area contributed by atoms with Crippen molar-refractivity contribution in [3.05, 3.63) is 40.4 Å². The Morgan fingerprint density at radius 3 is 2.55 bits per heavy atom. The molecule has 58 valence electrons. The molecule has 0 aliphatic heterocycles. The van der Waals surface area contributed by atoms with Gasteiger partial charge in [0.25, 0.3) is 0 Å². The highest BCUT2D eigenvalue weighted by Gasteiger charge is 1.98. The third kappa shape index (κ3) is 2.12. The number of halogens is 3. The zero-order valence-corrected chi connectivity index (χ0v) is 7.11. The van der Waals surface area contributed by atoms with Crippen molar-refractivity contribution in [2.24, 2.45) is 0 Å². The van der Waals surface area contributed by atoms with Crippen molar-refractivity contribution in [2.45, 2.75) is 0 Å². The van der Waals surface area contributed by atoms with Gasteiger partial charge in [0.2, 0.25) is 0 Å². The summed E-state index contributed by atoms with van der Waals surface area (Å²) in [6.45, 7) is 0. The Morgan fingerprint density at radius 1 is 1.27 bits per heavy atom. The zero-order chi connectivity index (χ0) is 8.27. The van der Waals surface area contributed by atoms with Crippen LogP contribution in [-0.2, 0) is 0 Å². The topological polar surface area (TPSA) is 0 Å². The molecule has 0 nitrogen and oxygen atoms in total. The third-order valence-corrected chi connectivity index (χ3v) is 1.47. The Morgan fingerprint density at radius 2 is 2.00 bits per heavy atom. The quantitative estimate of drug-likeness (QED) is 0.679. The van der Waals surface area contributed by atoms with Crippen molar-refractivity contribution in [2.75, 3.05) is 0 Å². The lowest BCUT2D eigenvalue weighted by Crippen LogP contribution is -1.82. The molecule has 1 aromatic carbocycles. The van der Waals surface area contributed by atoms with E-state index in [0.717, 1.165) is 6.07 Å².